The van der Waals surface area contributed by atoms with Crippen LogP contribution in [0.3, 0.4) is 0 Å². The molecule has 0 aliphatic carbocycles. The number of hydrogen-bond donors (Lipinski definition) is 1. The fourth-order valence-electron chi connectivity index (χ4n) is 2.56. The van der Waals surface area contributed by atoms with Gasteiger partial charge >= 0.3 is 0 Å². The van der Waals surface area contributed by atoms with Crippen LogP contribution in [0.2, 0.25) is 0 Å². The van der Waals surface area contributed by atoms with Crippen molar-refractivity contribution >= 4 is 17.2 Å². The van der Waals surface area contributed by atoms with Crippen molar-refractivity contribution in [3.63, 3.8) is 0 Å². The summed E-state index contributed by atoms with van der Waals surface area (Å²) in [4.78, 5) is 4.89. The van der Waals surface area contributed by atoms with Crippen molar-refractivity contribution in [3.05, 3.63) is 35.6 Å². The van der Waals surface area contributed by atoms with Gasteiger partial charge in [-0.05, 0) is 12.6 Å². The fraction of sp³-hybridized carbons (Fsp3) is 0.500. The van der Waals surface area contributed by atoms with Crippen LogP contribution in [0.4, 0.5) is 4.39 Å². The van der Waals surface area contributed by atoms with Crippen molar-refractivity contribution in [2.24, 2.45) is 5.73 Å². The van der Waals surface area contributed by atoms with E-state index in [2.05, 4.69) is 16.7 Å². The highest BCUT2D eigenvalue weighted by atomic mass is 32.1. The standard InChI is InChI=1S/C14H20FN3S/c1-2-17-7-9-18(10-8-17)13(14(16)19)11-5-3-4-6-12(11)15/h3-6,13H,2,7-10H2,1H3,(H2,16,19). The molecule has 1 fully saturated rings. The summed E-state index contributed by atoms with van der Waals surface area (Å²) in [7, 11) is 0. The van der Waals surface area contributed by atoms with Gasteiger partial charge in [-0.2, -0.15) is 0 Å². The first kappa shape index (κ1) is 14.4. The number of halogens is 1. The summed E-state index contributed by atoms with van der Waals surface area (Å²) in [6.45, 7) is 6.88. The Bertz CT molecular complexity index is 444. The van der Waals surface area contributed by atoms with Gasteiger partial charge in [0.15, 0.2) is 0 Å². The zero-order valence-corrected chi connectivity index (χ0v) is 12.0. The molecule has 0 radical (unpaired) electrons. The summed E-state index contributed by atoms with van der Waals surface area (Å²) in [5.74, 6) is -0.238. The van der Waals surface area contributed by atoms with E-state index in [1.165, 1.54) is 6.07 Å². The highest BCUT2D eigenvalue weighted by Crippen LogP contribution is 2.24. The van der Waals surface area contributed by atoms with E-state index in [4.69, 9.17) is 18.0 Å². The number of likely N-dealkylation sites (N-methyl/N-ethyl adjacent to an activating group) is 1. The second-order valence-electron chi connectivity index (χ2n) is 4.80. The maximum Gasteiger partial charge on any atom is 0.128 e. The molecule has 0 bridgehead atoms. The molecule has 1 aromatic rings. The fourth-order valence-corrected chi connectivity index (χ4v) is 2.84. The molecule has 0 aromatic heterocycles. The summed E-state index contributed by atoms with van der Waals surface area (Å²) in [5.41, 5.74) is 6.43. The molecule has 3 nitrogen and oxygen atoms in total. The zero-order valence-electron chi connectivity index (χ0n) is 11.2. The van der Waals surface area contributed by atoms with Gasteiger partial charge in [-0.25, -0.2) is 4.39 Å². The third-order valence-corrected chi connectivity index (χ3v) is 3.91. The van der Waals surface area contributed by atoms with Gasteiger partial charge in [0.2, 0.25) is 0 Å². The lowest BCUT2D eigenvalue weighted by atomic mass is 10.0. The molecule has 1 heterocycles. The summed E-state index contributed by atoms with van der Waals surface area (Å²) in [5, 5.41) is 0. The van der Waals surface area contributed by atoms with Crippen LogP contribution in [0.25, 0.3) is 0 Å². The van der Waals surface area contributed by atoms with Gasteiger partial charge in [0.1, 0.15) is 5.82 Å². The summed E-state index contributed by atoms with van der Waals surface area (Å²) < 4.78 is 13.9. The number of hydrogen-bond acceptors (Lipinski definition) is 3. The molecule has 1 aliphatic rings. The van der Waals surface area contributed by atoms with Crippen LogP contribution in [0.15, 0.2) is 24.3 Å². The van der Waals surface area contributed by atoms with Gasteiger partial charge < -0.3 is 10.6 Å². The van der Waals surface area contributed by atoms with Crippen LogP contribution in [-0.2, 0) is 0 Å². The maximum absolute atomic E-state index is 13.9. The molecular weight excluding hydrogens is 261 g/mol. The molecule has 2 rings (SSSR count). The van der Waals surface area contributed by atoms with Crippen molar-refractivity contribution in [3.8, 4) is 0 Å². The van der Waals surface area contributed by atoms with Gasteiger partial charge in [0, 0.05) is 31.7 Å². The number of piperazine rings is 1. The van der Waals surface area contributed by atoms with Crippen molar-refractivity contribution in [1.29, 1.82) is 0 Å². The SMILES string of the molecule is CCN1CCN(C(C(N)=S)c2ccccc2F)CC1. The molecule has 0 amide bonds. The van der Waals surface area contributed by atoms with Crippen molar-refractivity contribution in [2.45, 2.75) is 13.0 Å². The molecule has 1 atom stereocenters. The minimum Gasteiger partial charge on any atom is -0.392 e. The molecule has 1 aliphatic heterocycles. The summed E-state index contributed by atoms with van der Waals surface area (Å²) in [6.07, 6.45) is 0. The lowest BCUT2D eigenvalue weighted by molar-refractivity contribution is 0.121. The average Bonchev–Trinajstić information content (AvgIpc) is 2.42. The van der Waals surface area contributed by atoms with Crippen molar-refractivity contribution in [2.75, 3.05) is 32.7 Å². The molecule has 104 valence electrons. The highest BCUT2D eigenvalue weighted by Gasteiger charge is 2.28. The normalized spacial score (nSPS) is 19.3. The van der Waals surface area contributed by atoms with Gasteiger partial charge in [-0.1, -0.05) is 37.3 Å². The third-order valence-electron chi connectivity index (χ3n) is 3.69. The first-order valence-electron chi connectivity index (χ1n) is 6.63. The molecular formula is C14H20FN3S. The Kier molecular flexibility index (Phi) is 4.85. The minimum atomic E-state index is -0.296. The summed E-state index contributed by atoms with van der Waals surface area (Å²) >= 11 is 5.15. The van der Waals surface area contributed by atoms with Gasteiger partial charge in [-0.15, -0.1) is 0 Å². The predicted molar refractivity (Wildman–Crippen MR) is 79.6 cm³/mol. The van der Waals surface area contributed by atoms with Crippen molar-refractivity contribution in [1.82, 2.24) is 9.80 Å². The highest BCUT2D eigenvalue weighted by molar-refractivity contribution is 7.80. The topological polar surface area (TPSA) is 32.5 Å². The first-order valence-corrected chi connectivity index (χ1v) is 7.04. The van der Waals surface area contributed by atoms with Crippen LogP contribution in [-0.4, -0.2) is 47.5 Å². The van der Waals surface area contributed by atoms with Gasteiger partial charge in [-0.3, -0.25) is 4.90 Å². The van der Waals surface area contributed by atoms with E-state index in [0.29, 0.717) is 10.6 Å². The molecule has 1 unspecified atom stereocenters. The maximum atomic E-state index is 13.9. The van der Waals surface area contributed by atoms with Gasteiger partial charge in [0.25, 0.3) is 0 Å². The molecule has 0 saturated carbocycles. The van der Waals surface area contributed by atoms with E-state index in [0.717, 1.165) is 32.7 Å². The number of benzene rings is 1. The monoisotopic (exact) mass is 281 g/mol. The van der Waals surface area contributed by atoms with Crippen LogP contribution < -0.4 is 5.73 Å². The zero-order chi connectivity index (χ0) is 13.8. The van der Waals surface area contributed by atoms with E-state index in [-0.39, 0.29) is 11.9 Å². The Hall–Kier alpha value is -1.04. The van der Waals surface area contributed by atoms with Crippen LogP contribution in [0.5, 0.6) is 0 Å². The number of thiocarbonyl (C=S) groups is 1. The largest absolute Gasteiger partial charge is 0.392 e. The van der Waals surface area contributed by atoms with E-state index < -0.39 is 0 Å². The lowest BCUT2D eigenvalue weighted by Crippen LogP contribution is -2.50. The quantitative estimate of drug-likeness (QED) is 0.853. The minimum absolute atomic E-state index is 0.238. The number of rotatable bonds is 4. The Morgan fingerprint density at radius 1 is 1.32 bits per heavy atom. The van der Waals surface area contributed by atoms with Gasteiger partial charge in [0.05, 0.1) is 11.0 Å². The molecule has 19 heavy (non-hydrogen) atoms. The molecule has 2 N–H and O–H groups in total. The van der Waals surface area contributed by atoms with Crippen molar-refractivity contribution < 1.29 is 4.39 Å². The average molecular weight is 281 g/mol. The number of nitrogens with two attached hydrogens (primary N) is 1. The Balaban J connectivity index is 2.18. The lowest BCUT2D eigenvalue weighted by Gasteiger charge is -2.38. The molecule has 1 saturated heterocycles. The second-order valence-corrected chi connectivity index (χ2v) is 5.27. The third kappa shape index (κ3) is 3.29. The summed E-state index contributed by atoms with van der Waals surface area (Å²) in [6, 6.07) is 6.44. The molecule has 0 spiro atoms. The Morgan fingerprint density at radius 3 is 2.47 bits per heavy atom. The first-order chi connectivity index (χ1) is 9.13. The van der Waals surface area contributed by atoms with Crippen LogP contribution in [0, 0.1) is 5.82 Å². The number of nitrogens with zero attached hydrogens (tertiary/aromatic N) is 2. The molecule has 5 heteroatoms. The van der Waals surface area contributed by atoms with E-state index in [1.54, 1.807) is 12.1 Å². The Labute approximate surface area is 119 Å². The smallest absolute Gasteiger partial charge is 0.128 e. The van der Waals surface area contributed by atoms with Crippen LogP contribution >= 0.6 is 12.2 Å². The van der Waals surface area contributed by atoms with Crippen LogP contribution in [0.1, 0.15) is 18.5 Å². The van der Waals surface area contributed by atoms with E-state index in [1.807, 2.05) is 6.07 Å². The second kappa shape index (κ2) is 6.41. The van der Waals surface area contributed by atoms with E-state index >= 15 is 0 Å². The van der Waals surface area contributed by atoms with E-state index in [9.17, 15) is 4.39 Å². The molecule has 1 aromatic carbocycles. The Morgan fingerprint density at radius 2 is 1.95 bits per heavy atom. The predicted octanol–water partition coefficient (Wildman–Crippen LogP) is 1.79.